The Morgan fingerprint density at radius 1 is 1.21 bits per heavy atom. The lowest BCUT2D eigenvalue weighted by Crippen LogP contribution is -2.38. The number of hydrogen-bond donors (Lipinski definition) is 3. The van der Waals surface area contributed by atoms with E-state index in [0.29, 0.717) is 12.8 Å². The average Bonchev–Trinajstić information content (AvgIpc) is 2.76. The molecule has 19 heavy (non-hydrogen) atoms. The van der Waals surface area contributed by atoms with Crippen LogP contribution in [0.5, 0.6) is 0 Å². The molecule has 0 saturated carbocycles. The molecular weight excluding hydrogens is 246 g/mol. The van der Waals surface area contributed by atoms with Gasteiger partial charge in [0.05, 0.1) is 12.2 Å². The molecule has 1 amide bonds. The zero-order valence-electron chi connectivity index (χ0n) is 10.6. The van der Waals surface area contributed by atoms with Gasteiger partial charge in [-0.2, -0.15) is 0 Å². The fraction of sp³-hybridized carbons (Fsp3) is 0.500. The lowest BCUT2D eigenvalue weighted by Gasteiger charge is -2.19. The Morgan fingerprint density at radius 2 is 1.79 bits per heavy atom. The van der Waals surface area contributed by atoms with Crippen molar-refractivity contribution in [2.75, 3.05) is 13.1 Å². The molecule has 0 unspecified atom stereocenters. The number of aliphatic hydroxyl groups is 3. The molecule has 3 atom stereocenters. The molecule has 5 nitrogen and oxygen atoms in total. The summed E-state index contributed by atoms with van der Waals surface area (Å²) in [6.45, 7) is 0.171. The topological polar surface area (TPSA) is 81.0 Å². The van der Waals surface area contributed by atoms with Gasteiger partial charge < -0.3 is 20.2 Å². The molecule has 3 N–H and O–H groups in total. The molecule has 1 aliphatic heterocycles. The van der Waals surface area contributed by atoms with E-state index >= 15 is 0 Å². The number of aliphatic hydroxyl groups excluding tert-OH is 3. The minimum atomic E-state index is -1.09. The van der Waals surface area contributed by atoms with Crippen LogP contribution < -0.4 is 0 Å². The molecule has 1 aromatic rings. The SMILES string of the molecule is O=C([C@H](O)CCc1ccccc1)N1C[C@@H](O)[C@@H](O)C1. The van der Waals surface area contributed by atoms with Crippen molar-refractivity contribution < 1.29 is 20.1 Å². The highest BCUT2D eigenvalue weighted by atomic mass is 16.3. The van der Waals surface area contributed by atoms with Gasteiger partial charge in [-0.25, -0.2) is 0 Å². The molecule has 1 fully saturated rings. The van der Waals surface area contributed by atoms with E-state index in [4.69, 9.17) is 0 Å². The maximum absolute atomic E-state index is 11.9. The summed E-state index contributed by atoms with van der Waals surface area (Å²) < 4.78 is 0. The van der Waals surface area contributed by atoms with E-state index in [0.717, 1.165) is 5.56 Å². The highest BCUT2D eigenvalue weighted by Crippen LogP contribution is 2.13. The quantitative estimate of drug-likeness (QED) is 0.688. The normalized spacial score (nSPS) is 24.5. The molecule has 1 saturated heterocycles. The molecule has 0 radical (unpaired) electrons. The third kappa shape index (κ3) is 3.53. The van der Waals surface area contributed by atoms with Crippen LogP contribution in [0.25, 0.3) is 0 Å². The highest BCUT2D eigenvalue weighted by Gasteiger charge is 2.34. The third-order valence-electron chi connectivity index (χ3n) is 3.41. The van der Waals surface area contributed by atoms with Crippen LogP contribution in [-0.2, 0) is 11.2 Å². The van der Waals surface area contributed by atoms with Crippen LogP contribution in [0.3, 0.4) is 0 Å². The summed E-state index contributed by atoms with van der Waals surface area (Å²) in [4.78, 5) is 13.2. The molecule has 0 aliphatic carbocycles. The fourth-order valence-corrected chi connectivity index (χ4v) is 2.23. The molecule has 5 heteroatoms. The van der Waals surface area contributed by atoms with Crippen LogP contribution in [-0.4, -0.2) is 57.5 Å². The summed E-state index contributed by atoms with van der Waals surface area (Å²) in [6.07, 6.45) is -1.95. The van der Waals surface area contributed by atoms with Gasteiger partial charge in [-0.05, 0) is 18.4 Å². The van der Waals surface area contributed by atoms with E-state index in [-0.39, 0.29) is 13.1 Å². The van der Waals surface area contributed by atoms with Crippen LogP contribution in [0.4, 0.5) is 0 Å². The van der Waals surface area contributed by atoms with Crippen LogP contribution in [0.15, 0.2) is 30.3 Å². The van der Waals surface area contributed by atoms with Crippen molar-refractivity contribution in [2.45, 2.75) is 31.2 Å². The maximum atomic E-state index is 11.9. The summed E-state index contributed by atoms with van der Waals surface area (Å²) in [5.41, 5.74) is 1.07. The molecule has 0 aromatic heterocycles. The second kappa shape index (κ2) is 6.14. The van der Waals surface area contributed by atoms with Crippen molar-refractivity contribution in [3.05, 3.63) is 35.9 Å². The van der Waals surface area contributed by atoms with Gasteiger partial charge in [0, 0.05) is 13.1 Å². The Bertz CT molecular complexity index is 413. The number of amides is 1. The van der Waals surface area contributed by atoms with E-state index in [1.807, 2.05) is 30.3 Å². The van der Waals surface area contributed by atoms with Crippen LogP contribution in [0.2, 0.25) is 0 Å². The second-order valence-electron chi connectivity index (χ2n) is 4.92. The lowest BCUT2D eigenvalue weighted by molar-refractivity contribution is -0.139. The molecular formula is C14H19NO4. The number of likely N-dealkylation sites (tertiary alicyclic amines) is 1. The number of carbonyl (C=O) groups excluding carboxylic acids is 1. The first kappa shape index (κ1) is 14.0. The number of carbonyl (C=O) groups is 1. The summed E-state index contributed by atoms with van der Waals surface area (Å²) in [5.74, 6) is -0.425. The van der Waals surface area contributed by atoms with Crippen molar-refractivity contribution in [3.63, 3.8) is 0 Å². The molecule has 0 spiro atoms. The molecule has 1 aliphatic rings. The van der Waals surface area contributed by atoms with Crippen LogP contribution in [0.1, 0.15) is 12.0 Å². The van der Waals surface area contributed by atoms with Gasteiger partial charge in [0.25, 0.3) is 5.91 Å². The smallest absolute Gasteiger partial charge is 0.251 e. The van der Waals surface area contributed by atoms with E-state index in [1.165, 1.54) is 4.90 Å². The zero-order chi connectivity index (χ0) is 13.8. The minimum absolute atomic E-state index is 0.0857. The first-order valence-electron chi connectivity index (χ1n) is 6.45. The predicted molar refractivity (Wildman–Crippen MR) is 69.4 cm³/mol. The zero-order valence-corrected chi connectivity index (χ0v) is 10.6. The van der Waals surface area contributed by atoms with Crippen molar-refractivity contribution in [1.82, 2.24) is 4.90 Å². The monoisotopic (exact) mass is 265 g/mol. The Balaban J connectivity index is 1.83. The van der Waals surface area contributed by atoms with Crippen molar-refractivity contribution >= 4 is 5.91 Å². The van der Waals surface area contributed by atoms with Crippen LogP contribution >= 0.6 is 0 Å². The predicted octanol–water partition coefficient (Wildman–Crippen LogP) is -0.456. The summed E-state index contributed by atoms with van der Waals surface area (Å²) in [6, 6.07) is 9.63. The third-order valence-corrected chi connectivity index (χ3v) is 3.41. The number of aryl methyl sites for hydroxylation is 1. The maximum Gasteiger partial charge on any atom is 0.251 e. The van der Waals surface area contributed by atoms with Gasteiger partial charge in [0.1, 0.15) is 6.10 Å². The summed E-state index contributed by atoms with van der Waals surface area (Å²) in [7, 11) is 0. The van der Waals surface area contributed by atoms with Crippen molar-refractivity contribution in [2.24, 2.45) is 0 Å². The fourth-order valence-electron chi connectivity index (χ4n) is 2.23. The molecule has 104 valence electrons. The van der Waals surface area contributed by atoms with Gasteiger partial charge >= 0.3 is 0 Å². The average molecular weight is 265 g/mol. The Hall–Kier alpha value is -1.43. The van der Waals surface area contributed by atoms with Gasteiger partial charge in [-0.3, -0.25) is 4.79 Å². The number of rotatable bonds is 4. The molecule has 0 bridgehead atoms. The Morgan fingerprint density at radius 3 is 2.37 bits per heavy atom. The summed E-state index contributed by atoms with van der Waals surface area (Å²) >= 11 is 0. The number of hydrogen-bond acceptors (Lipinski definition) is 4. The van der Waals surface area contributed by atoms with E-state index in [1.54, 1.807) is 0 Å². The van der Waals surface area contributed by atoms with Crippen molar-refractivity contribution in [1.29, 1.82) is 0 Å². The van der Waals surface area contributed by atoms with E-state index in [9.17, 15) is 20.1 Å². The standard InChI is InChI=1S/C14H19NO4/c16-11(7-6-10-4-2-1-3-5-10)14(19)15-8-12(17)13(18)9-15/h1-5,11-13,16-18H,6-9H2/t11-,12-,13+/m1/s1. The summed E-state index contributed by atoms with van der Waals surface area (Å²) in [5, 5.41) is 28.6. The van der Waals surface area contributed by atoms with E-state index in [2.05, 4.69) is 0 Å². The van der Waals surface area contributed by atoms with Gasteiger partial charge in [0.15, 0.2) is 0 Å². The van der Waals surface area contributed by atoms with Crippen molar-refractivity contribution in [3.8, 4) is 0 Å². The lowest BCUT2D eigenvalue weighted by atomic mass is 10.1. The number of nitrogens with zero attached hydrogens (tertiary/aromatic N) is 1. The Kier molecular flexibility index (Phi) is 4.52. The number of benzene rings is 1. The first-order chi connectivity index (χ1) is 9.08. The highest BCUT2D eigenvalue weighted by molar-refractivity contribution is 5.81. The molecule has 1 heterocycles. The second-order valence-corrected chi connectivity index (χ2v) is 4.92. The number of β-amino-alcohol motifs (C(OH)–C–C–N with tert-alkyl or cyclic N) is 2. The minimum Gasteiger partial charge on any atom is -0.388 e. The molecule has 1 aromatic carbocycles. The van der Waals surface area contributed by atoms with Gasteiger partial charge in [0.2, 0.25) is 0 Å². The first-order valence-corrected chi connectivity index (χ1v) is 6.45. The molecule has 2 rings (SSSR count). The van der Waals surface area contributed by atoms with E-state index < -0.39 is 24.2 Å². The van der Waals surface area contributed by atoms with Gasteiger partial charge in [-0.15, -0.1) is 0 Å². The Labute approximate surface area is 112 Å². The van der Waals surface area contributed by atoms with Gasteiger partial charge in [-0.1, -0.05) is 30.3 Å². The van der Waals surface area contributed by atoms with Crippen LogP contribution in [0, 0.1) is 0 Å². The largest absolute Gasteiger partial charge is 0.388 e.